The average molecular weight is 373 g/mol. The predicted molar refractivity (Wildman–Crippen MR) is 91.9 cm³/mol. The summed E-state index contributed by atoms with van der Waals surface area (Å²) in [6, 6.07) is 14.3. The van der Waals surface area contributed by atoms with E-state index in [2.05, 4.69) is 10.1 Å². The van der Waals surface area contributed by atoms with Crippen LogP contribution in [0.4, 0.5) is 14.5 Å². The third-order valence-corrected chi connectivity index (χ3v) is 3.56. The predicted octanol–water partition coefficient (Wildman–Crippen LogP) is 3.64. The SMILES string of the molecule is O=C(O)C1=C(Nc2ccccc2)O/C(=C\c2ccccc2OC(F)F)C1=O. The Balaban J connectivity index is 1.93. The molecular formula is C19H13F2NO5. The highest BCUT2D eigenvalue weighted by molar-refractivity contribution is 6.26. The molecule has 0 amide bonds. The van der Waals surface area contributed by atoms with Gasteiger partial charge in [-0.15, -0.1) is 0 Å². The lowest BCUT2D eigenvalue weighted by Crippen LogP contribution is -2.12. The number of rotatable bonds is 6. The lowest BCUT2D eigenvalue weighted by atomic mass is 10.1. The van der Waals surface area contributed by atoms with Crippen LogP contribution in [0.2, 0.25) is 0 Å². The van der Waals surface area contributed by atoms with Crippen molar-refractivity contribution in [2.75, 3.05) is 5.32 Å². The fourth-order valence-electron chi connectivity index (χ4n) is 2.41. The molecule has 0 aromatic heterocycles. The van der Waals surface area contributed by atoms with E-state index in [1.807, 2.05) is 0 Å². The van der Waals surface area contributed by atoms with Gasteiger partial charge in [-0.2, -0.15) is 8.78 Å². The minimum Gasteiger partial charge on any atom is -0.477 e. The molecule has 1 aliphatic rings. The summed E-state index contributed by atoms with van der Waals surface area (Å²) in [6.45, 7) is -3.05. The molecule has 0 unspecified atom stereocenters. The van der Waals surface area contributed by atoms with Gasteiger partial charge in [0.05, 0.1) is 0 Å². The number of benzene rings is 2. The molecule has 27 heavy (non-hydrogen) atoms. The number of nitrogens with one attached hydrogen (secondary N) is 1. The van der Waals surface area contributed by atoms with Gasteiger partial charge < -0.3 is 19.9 Å². The van der Waals surface area contributed by atoms with Gasteiger partial charge in [-0.3, -0.25) is 4.79 Å². The molecule has 2 aromatic carbocycles. The number of carboxylic acids is 1. The zero-order chi connectivity index (χ0) is 19.4. The molecule has 8 heteroatoms. The standard InChI is InChI=1S/C19H13F2NO5/c20-19(21)27-13-9-5-4-6-11(13)10-14-16(23)15(18(24)25)17(26-14)22-12-7-2-1-3-8-12/h1-10,19,22H,(H,24,25)/b14-10-. The first-order valence-electron chi connectivity index (χ1n) is 7.73. The van der Waals surface area contributed by atoms with Crippen LogP contribution in [0.15, 0.2) is 71.8 Å². The Morgan fingerprint density at radius 3 is 2.44 bits per heavy atom. The maximum absolute atomic E-state index is 12.5. The average Bonchev–Trinajstić information content (AvgIpc) is 2.92. The molecule has 0 fully saturated rings. The molecule has 0 spiro atoms. The molecule has 3 rings (SSSR count). The van der Waals surface area contributed by atoms with Gasteiger partial charge in [-0.1, -0.05) is 36.4 Å². The maximum Gasteiger partial charge on any atom is 0.387 e. The summed E-state index contributed by atoms with van der Waals surface area (Å²) in [5.74, 6) is -3.10. The molecule has 2 N–H and O–H groups in total. The van der Waals surface area contributed by atoms with Crippen LogP contribution >= 0.6 is 0 Å². The van der Waals surface area contributed by atoms with E-state index in [9.17, 15) is 23.5 Å². The molecule has 0 radical (unpaired) electrons. The maximum atomic E-state index is 12.5. The monoisotopic (exact) mass is 373 g/mol. The second kappa shape index (κ2) is 7.69. The summed E-state index contributed by atoms with van der Waals surface area (Å²) in [5, 5.41) is 12.1. The second-order valence-electron chi connectivity index (χ2n) is 5.36. The first-order chi connectivity index (χ1) is 13.0. The van der Waals surface area contributed by atoms with Crippen LogP contribution in [0, 0.1) is 0 Å². The summed E-state index contributed by atoms with van der Waals surface area (Å²) in [6.07, 6.45) is 1.16. The summed E-state index contributed by atoms with van der Waals surface area (Å²) >= 11 is 0. The number of carbonyl (C=O) groups is 2. The molecular weight excluding hydrogens is 360 g/mol. The van der Waals surface area contributed by atoms with Crippen molar-refractivity contribution in [3.8, 4) is 5.75 Å². The van der Waals surface area contributed by atoms with Gasteiger partial charge >= 0.3 is 12.6 Å². The van der Waals surface area contributed by atoms with Crippen LogP contribution in [-0.4, -0.2) is 23.5 Å². The number of hydrogen-bond donors (Lipinski definition) is 2. The highest BCUT2D eigenvalue weighted by atomic mass is 19.3. The van der Waals surface area contributed by atoms with E-state index in [4.69, 9.17) is 4.74 Å². The highest BCUT2D eigenvalue weighted by Gasteiger charge is 2.36. The van der Waals surface area contributed by atoms with E-state index < -0.39 is 23.9 Å². The molecule has 138 valence electrons. The fourth-order valence-corrected chi connectivity index (χ4v) is 2.41. The molecule has 0 saturated carbocycles. The number of carboxylic acid groups (broad SMARTS) is 1. The number of alkyl halides is 2. The molecule has 6 nitrogen and oxygen atoms in total. The van der Waals surface area contributed by atoms with Gasteiger partial charge in [-0.25, -0.2) is 4.79 Å². The number of anilines is 1. The normalized spacial score (nSPS) is 15.2. The number of para-hydroxylation sites is 2. The third-order valence-electron chi connectivity index (χ3n) is 3.56. The van der Waals surface area contributed by atoms with Crippen LogP contribution in [0.25, 0.3) is 6.08 Å². The molecule has 0 bridgehead atoms. The Labute approximate surface area is 152 Å². The van der Waals surface area contributed by atoms with E-state index in [1.165, 1.54) is 18.2 Å². The Morgan fingerprint density at radius 2 is 1.78 bits per heavy atom. The van der Waals surface area contributed by atoms with Gasteiger partial charge in [0.1, 0.15) is 5.75 Å². The van der Waals surface area contributed by atoms with Crippen molar-refractivity contribution < 1.29 is 33.0 Å². The first kappa shape index (κ1) is 18.1. The fraction of sp³-hybridized carbons (Fsp3) is 0.0526. The zero-order valence-electron chi connectivity index (χ0n) is 13.7. The number of hydrogen-bond acceptors (Lipinski definition) is 5. The van der Waals surface area contributed by atoms with Gasteiger partial charge in [0.25, 0.3) is 0 Å². The summed E-state index contributed by atoms with van der Waals surface area (Å²) in [7, 11) is 0. The molecule has 1 heterocycles. The Bertz CT molecular complexity index is 938. The summed E-state index contributed by atoms with van der Waals surface area (Å²) in [5.41, 5.74) is 0.0749. The van der Waals surface area contributed by atoms with Crippen LogP contribution in [-0.2, 0) is 14.3 Å². The van der Waals surface area contributed by atoms with Crippen molar-refractivity contribution in [2.45, 2.75) is 6.61 Å². The second-order valence-corrected chi connectivity index (χ2v) is 5.36. The van der Waals surface area contributed by atoms with Gasteiger partial charge in [-0.05, 0) is 24.3 Å². The van der Waals surface area contributed by atoms with E-state index >= 15 is 0 Å². The Morgan fingerprint density at radius 1 is 1.11 bits per heavy atom. The van der Waals surface area contributed by atoms with Crippen molar-refractivity contribution in [1.29, 1.82) is 0 Å². The molecule has 0 aliphatic carbocycles. The number of carbonyl (C=O) groups excluding carboxylic acids is 1. The third kappa shape index (κ3) is 4.12. The van der Waals surface area contributed by atoms with Crippen LogP contribution in [0.5, 0.6) is 5.75 Å². The van der Waals surface area contributed by atoms with Crippen molar-refractivity contribution in [2.24, 2.45) is 0 Å². The van der Waals surface area contributed by atoms with Gasteiger partial charge in [0.2, 0.25) is 11.7 Å². The number of ether oxygens (including phenoxy) is 2. The number of aliphatic carboxylic acids is 1. The Hall–Kier alpha value is -3.68. The van der Waals surface area contributed by atoms with Crippen LogP contribution in [0.1, 0.15) is 5.56 Å². The van der Waals surface area contributed by atoms with Gasteiger partial charge in [0, 0.05) is 11.3 Å². The van der Waals surface area contributed by atoms with Gasteiger partial charge in [0.15, 0.2) is 11.3 Å². The smallest absolute Gasteiger partial charge is 0.387 e. The van der Waals surface area contributed by atoms with Crippen LogP contribution in [0.3, 0.4) is 0 Å². The summed E-state index contributed by atoms with van der Waals surface area (Å²) < 4.78 is 34.8. The highest BCUT2D eigenvalue weighted by Crippen LogP contribution is 2.30. The van der Waals surface area contributed by atoms with E-state index in [0.29, 0.717) is 5.69 Å². The zero-order valence-corrected chi connectivity index (χ0v) is 13.7. The topological polar surface area (TPSA) is 84.9 Å². The number of allylic oxidation sites excluding steroid dienone is 1. The minimum absolute atomic E-state index is 0.145. The Kier molecular flexibility index (Phi) is 5.16. The van der Waals surface area contributed by atoms with E-state index in [0.717, 1.165) is 6.08 Å². The molecule has 0 saturated heterocycles. The minimum atomic E-state index is -3.05. The van der Waals surface area contributed by atoms with Crippen molar-refractivity contribution in [3.05, 3.63) is 77.4 Å². The largest absolute Gasteiger partial charge is 0.477 e. The van der Waals surface area contributed by atoms with E-state index in [-0.39, 0.29) is 23.0 Å². The lowest BCUT2D eigenvalue weighted by molar-refractivity contribution is -0.134. The molecule has 0 atom stereocenters. The molecule has 1 aliphatic heterocycles. The first-order valence-corrected chi connectivity index (χ1v) is 7.73. The van der Waals surface area contributed by atoms with Crippen molar-refractivity contribution in [1.82, 2.24) is 0 Å². The summed E-state index contributed by atoms with van der Waals surface area (Å²) in [4.78, 5) is 23.9. The van der Waals surface area contributed by atoms with E-state index in [1.54, 1.807) is 36.4 Å². The lowest BCUT2D eigenvalue weighted by Gasteiger charge is -2.09. The van der Waals surface area contributed by atoms with Crippen LogP contribution < -0.4 is 10.1 Å². The quantitative estimate of drug-likeness (QED) is 0.594. The van der Waals surface area contributed by atoms with Crippen molar-refractivity contribution in [3.63, 3.8) is 0 Å². The number of Topliss-reactive ketones (excluding diaryl/α,β-unsaturated/α-hetero) is 1. The number of halogens is 2. The number of ketones is 1. The van der Waals surface area contributed by atoms with Crippen molar-refractivity contribution >= 4 is 23.5 Å². The molecule has 2 aromatic rings.